The maximum atomic E-state index is 11.2. The van der Waals surface area contributed by atoms with Crippen molar-refractivity contribution >= 4 is 11.9 Å². The Morgan fingerprint density at radius 2 is 1.71 bits per heavy atom. The van der Waals surface area contributed by atoms with Gasteiger partial charge in [-0.1, -0.05) is 104 Å². The average Bonchev–Trinajstić information content (AvgIpc) is 3.13. The van der Waals surface area contributed by atoms with Crippen LogP contribution in [0.2, 0.25) is 0 Å². The number of allylic oxidation sites excluding steroid dienone is 6. The van der Waals surface area contributed by atoms with Gasteiger partial charge in [-0.25, -0.2) is 4.79 Å². The highest BCUT2D eigenvalue weighted by atomic mass is 16.4. The highest BCUT2D eigenvalue weighted by Crippen LogP contribution is 2.34. The lowest BCUT2D eigenvalue weighted by atomic mass is 9.78. The van der Waals surface area contributed by atoms with Crippen LogP contribution in [0.4, 0.5) is 0 Å². The second-order valence-corrected chi connectivity index (χ2v) is 8.22. The zero-order valence-corrected chi connectivity index (χ0v) is 23.4. The van der Waals surface area contributed by atoms with Gasteiger partial charge in [-0.15, -0.1) is 0 Å². The van der Waals surface area contributed by atoms with Crippen LogP contribution in [-0.2, 0) is 9.59 Å². The third kappa shape index (κ3) is 13.9. The SMILES string of the molecule is CC.CC.CC.CC(C)(C1=CCCCC=C1)C(O)/C=C/C1CCC(=O)N1.O=C(O)C1=CC=CCC1. The molecule has 200 valence electrons. The molecule has 0 bridgehead atoms. The van der Waals surface area contributed by atoms with E-state index in [4.69, 9.17) is 5.11 Å². The molecule has 2 atom stereocenters. The van der Waals surface area contributed by atoms with Gasteiger partial charge in [0, 0.05) is 23.5 Å². The second kappa shape index (κ2) is 20.9. The molecule has 0 aromatic carbocycles. The molecule has 0 radical (unpaired) electrons. The summed E-state index contributed by atoms with van der Waals surface area (Å²) in [6, 6.07) is 0.0756. The number of carbonyl (C=O) groups excluding carboxylic acids is 1. The van der Waals surface area contributed by atoms with Gasteiger partial charge in [-0.3, -0.25) is 4.79 Å². The molecule has 3 rings (SSSR count). The van der Waals surface area contributed by atoms with E-state index in [1.165, 1.54) is 12.0 Å². The van der Waals surface area contributed by atoms with Crippen molar-refractivity contribution in [3.63, 3.8) is 0 Å². The number of rotatable bonds is 5. The minimum absolute atomic E-state index is 0.0756. The van der Waals surface area contributed by atoms with E-state index in [1.807, 2.05) is 59.8 Å². The number of carboxylic acid groups (broad SMARTS) is 1. The fourth-order valence-electron chi connectivity index (χ4n) is 3.46. The summed E-state index contributed by atoms with van der Waals surface area (Å²) in [5.74, 6) is -0.692. The lowest BCUT2D eigenvalue weighted by Crippen LogP contribution is -2.30. The molecule has 1 amide bonds. The van der Waals surface area contributed by atoms with Crippen LogP contribution in [0.5, 0.6) is 0 Å². The second-order valence-electron chi connectivity index (χ2n) is 8.22. The van der Waals surface area contributed by atoms with Crippen molar-refractivity contribution in [2.45, 2.75) is 112 Å². The molecule has 35 heavy (non-hydrogen) atoms. The summed E-state index contributed by atoms with van der Waals surface area (Å²) in [7, 11) is 0. The van der Waals surface area contributed by atoms with Crippen molar-refractivity contribution in [3.05, 3.63) is 59.8 Å². The smallest absolute Gasteiger partial charge is 0.331 e. The topological polar surface area (TPSA) is 86.6 Å². The number of aliphatic carboxylic acids is 1. The number of nitrogens with one attached hydrogen (secondary N) is 1. The molecule has 0 spiro atoms. The van der Waals surface area contributed by atoms with Crippen LogP contribution in [0.15, 0.2) is 59.8 Å². The van der Waals surface area contributed by atoms with Crippen LogP contribution in [0, 0.1) is 5.41 Å². The van der Waals surface area contributed by atoms with E-state index < -0.39 is 12.1 Å². The van der Waals surface area contributed by atoms with Crippen LogP contribution in [0.25, 0.3) is 0 Å². The van der Waals surface area contributed by atoms with Gasteiger partial charge >= 0.3 is 5.97 Å². The third-order valence-electron chi connectivity index (χ3n) is 5.56. The summed E-state index contributed by atoms with van der Waals surface area (Å²) in [5.41, 5.74) is 1.40. The Labute approximate surface area is 214 Å². The van der Waals surface area contributed by atoms with Crippen LogP contribution in [-0.4, -0.2) is 34.2 Å². The molecule has 0 aromatic heterocycles. The van der Waals surface area contributed by atoms with Crippen LogP contribution in [0.3, 0.4) is 0 Å². The fraction of sp³-hybridized carbons (Fsp3) is 0.600. The number of aliphatic hydroxyl groups is 1. The Morgan fingerprint density at radius 3 is 2.20 bits per heavy atom. The summed E-state index contributed by atoms with van der Waals surface area (Å²) in [5, 5.41) is 21.8. The first-order valence-corrected chi connectivity index (χ1v) is 13.4. The number of carboxylic acids is 1. The average molecular weight is 490 g/mol. The molecule has 0 aromatic rings. The van der Waals surface area contributed by atoms with Gasteiger partial charge in [0.2, 0.25) is 5.91 Å². The lowest BCUT2D eigenvalue weighted by Gasteiger charge is -2.30. The summed E-state index contributed by atoms with van der Waals surface area (Å²) < 4.78 is 0. The number of aliphatic hydroxyl groups excluding tert-OH is 1. The number of amides is 1. The predicted molar refractivity (Wildman–Crippen MR) is 149 cm³/mol. The maximum absolute atomic E-state index is 11.2. The van der Waals surface area contributed by atoms with Crippen molar-refractivity contribution in [2.75, 3.05) is 0 Å². The lowest BCUT2D eigenvalue weighted by molar-refractivity contribution is -0.132. The van der Waals surface area contributed by atoms with E-state index in [-0.39, 0.29) is 17.4 Å². The molecule has 0 saturated carbocycles. The first-order chi connectivity index (χ1) is 16.8. The monoisotopic (exact) mass is 489 g/mol. The van der Waals surface area contributed by atoms with Gasteiger partial charge in [-0.2, -0.15) is 0 Å². The highest BCUT2D eigenvalue weighted by Gasteiger charge is 2.29. The predicted octanol–water partition coefficient (Wildman–Crippen LogP) is 7.30. The van der Waals surface area contributed by atoms with Crippen molar-refractivity contribution in [1.29, 1.82) is 0 Å². The number of hydrogen-bond acceptors (Lipinski definition) is 3. The van der Waals surface area contributed by atoms with E-state index in [1.54, 1.807) is 12.2 Å². The number of hydrogen-bond donors (Lipinski definition) is 3. The summed E-state index contributed by atoms with van der Waals surface area (Å²) >= 11 is 0. The van der Waals surface area contributed by atoms with E-state index in [0.29, 0.717) is 18.4 Å². The minimum atomic E-state index is -0.792. The van der Waals surface area contributed by atoms with Gasteiger partial charge in [0.1, 0.15) is 0 Å². The van der Waals surface area contributed by atoms with Gasteiger partial charge < -0.3 is 15.5 Å². The molecule has 3 aliphatic rings. The zero-order chi connectivity index (χ0) is 27.3. The van der Waals surface area contributed by atoms with Crippen LogP contribution >= 0.6 is 0 Å². The van der Waals surface area contributed by atoms with Gasteiger partial charge in [0.15, 0.2) is 0 Å². The molecule has 5 nitrogen and oxygen atoms in total. The Kier molecular flexibility index (Phi) is 20.8. The first-order valence-electron chi connectivity index (χ1n) is 13.4. The summed E-state index contributed by atoms with van der Waals surface area (Å²) in [4.78, 5) is 21.4. The zero-order valence-electron chi connectivity index (χ0n) is 23.4. The van der Waals surface area contributed by atoms with Gasteiger partial charge in [0.25, 0.3) is 0 Å². The van der Waals surface area contributed by atoms with Crippen molar-refractivity contribution in [1.82, 2.24) is 5.32 Å². The molecule has 2 unspecified atom stereocenters. The molecular formula is C30H51NO4. The van der Waals surface area contributed by atoms with Gasteiger partial charge in [-0.05, 0) is 44.1 Å². The maximum Gasteiger partial charge on any atom is 0.331 e. The normalized spacial score (nSPS) is 19.5. The summed E-state index contributed by atoms with van der Waals surface area (Å²) in [6.45, 7) is 16.1. The largest absolute Gasteiger partial charge is 0.478 e. The van der Waals surface area contributed by atoms with E-state index >= 15 is 0 Å². The van der Waals surface area contributed by atoms with Crippen LogP contribution < -0.4 is 5.32 Å². The van der Waals surface area contributed by atoms with Crippen molar-refractivity contribution in [3.8, 4) is 0 Å². The van der Waals surface area contributed by atoms with Gasteiger partial charge in [0.05, 0.1) is 6.10 Å². The fourth-order valence-corrected chi connectivity index (χ4v) is 3.46. The Balaban J connectivity index is 0. The Hall–Kier alpha value is -2.40. The quantitative estimate of drug-likeness (QED) is 0.354. The Morgan fingerprint density at radius 1 is 1.06 bits per heavy atom. The third-order valence-corrected chi connectivity index (χ3v) is 5.56. The van der Waals surface area contributed by atoms with E-state index in [2.05, 4.69) is 37.4 Å². The summed E-state index contributed by atoms with van der Waals surface area (Å²) in [6.07, 6.45) is 21.5. The molecule has 1 aliphatic heterocycles. The van der Waals surface area contributed by atoms with Crippen molar-refractivity contribution in [2.24, 2.45) is 5.41 Å². The minimum Gasteiger partial charge on any atom is -0.478 e. The van der Waals surface area contributed by atoms with Crippen LogP contribution in [0.1, 0.15) is 100 Å². The molecule has 1 heterocycles. The first kappa shape index (κ1) is 34.8. The van der Waals surface area contributed by atoms with E-state index in [0.717, 1.165) is 25.7 Å². The number of carbonyl (C=O) groups is 2. The molecule has 3 N–H and O–H groups in total. The highest BCUT2D eigenvalue weighted by molar-refractivity contribution is 5.87. The standard InChI is InChI=1S/C17H25NO2.C7H8O2.3C2H6/c1-17(2,13-7-5-3-4-6-8-13)15(19)11-9-14-10-12-16(20)18-14;8-7(9)6-4-2-1-3-5-6;3*1-2/h5,7-9,11,14-15,19H,3-4,6,10,12H2,1-2H3,(H,18,20);1-2,4H,3,5H2,(H,8,9);3*1-2H3/b11-9+;;;;. The van der Waals surface area contributed by atoms with E-state index in [9.17, 15) is 14.7 Å². The molecule has 1 fully saturated rings. The Bertz CT molecular complexity index is 741. The molecule has 2 aliphatic carbocycles. The molecule has 5 heteroatoms. The molecule has 1 saturated heterocycles. The van der Waals surface area contributed by atoms with Crippen molar-refractivity contribution < 1.29 is 19.8 Å². The molecular weight excluding hydrogens is 438 g/mol.